The van der Waals surface area contributed by atoms with Crippen LogP contribution in [0.15, 0.2) is 17.2 Å². The Morgan fingerprint density at radius 2 is 1.60 bits per heavy atom. The quantitative estimate of drug-likeness (QED) is 0.658. The molecule has 0 aliphatic rings. The highest BCUT2D eigenvalue weighted by Crippen LogP contribution is 2.38. The molecule has 1 N–H and O–H groups in total. The lowest BCUT2D eigenvalue weighted by Crippen LogP contribution is -2.18. The number of hydrogen-bond donors (Lipinski definition) is 1. The smallest absolute Gasteiger partial charge is 0.427 e. The van der Waals surface area contributed by atoms with Crippen LogP contribution in [0.4, 0.5) is 4.79 Å². The third-order valence-corrected chi connectivity index (χ3v) is 2.58. The zero-order valence-corrected chi connectivity index (χ0v) is 12.1. The van der Waals surface area contributed by atoms with Crippen LogP contribution in [-0.2, 0) is 4.74 Å². The molecule has 0 heterocycles. The Bertz CT molecular complexity index is 488. The Labute approximate surface area is 117 Å². The molecule has 1 rings (SSSR count). The van der Waals surface area contributed by atoms with Crippen LogP contribution in [0.5, 0.6) is 17.2 Å². The van der Waals surface area contributed by atoms with Crippen molar-refractivity contribution in [3.05, 3.63) is 17.7 Å². The van der Waals surface area contributed by atoms with Gasteiger partial charge in [0, 0.05) is 5.56 Å². The summed E-state index contributed by atoms with van der Waals surface area (Å²) in [5.74, 6) is 1.51. The van der Waals surface area contributed by atoms with E-state index in [2.05, 4.69) is 15.3 Å². The van der Waals surface area contributed by atoms with E-state index < -0.39 is 6.09 Å². The Morgan fingerprint density at radius 3 is 2.00 bits per heavy atom. The first-order chi connectivity index (χ1) is 9.57. The fraction of sp³-hybridized carbons (Fsp3) is 0.385. The molecule has 0 fully saturated rings. The summed E-state index contributed by atoms with van der Waals surface area (Å²) in [5, 5.41) is 3.91. The van der Waals surface area contributed by atoms with Crippen molar-refractivity contribution < 1.29 is 23.7 Å². The molecule has 110 valence electrons. The monoisotopic (exact) mass is 282 g/mol. The number of methoxy groups -OCH3 is 4. The van der Waals surface area contributed by atoms with Gasteiger partial charge in [-0.15, -0.1) is 0 Å². The van der Waals surface area contributed by atoms with Gasteiger partial charge in [0.25, 0.3) is 0 Å². The summed E-state index contributed by atoms with van der Waals surface area (Å²) in [6, 6.07) is 3.47. The van der Waals surface area contributed by atoms with Gasteiger partial charge in [-0.3, -0.25) is 0 Å². The zero-order valence-electron chi connectivity index (χ0n) is 12.1. The summed E-state index contributed by atoms with van der Waals surface area (Å²) in [7, 11) is 5.85. The highest BCUT2D eigenvalue weighted by molar-refractivity contribution is 6.00. The molecule has 7 nitrogen and oxygen atoms in total. The minimum atomic E-state index is -0.642. The summed E-state index contributed by atoms with van der Waals surface area (Å²) in [6.07, 6.45) is -0.642. The van der Waals surface area contributed by atoms with Crippen LogP contribution in [0.25, 0.3) is 0 Å². The predicted molar refractivity (Wildman–Crippen MR) is 73.8 cm³/mol. The van der Waals surface area contributed by atoms with Crippen molar-refractivity contribution in [2.24, 2.45) is 5.10 Å². The van der Waals surface area contributed by atoms with Gasteiger partial charge in [0.1, 0.15) is 0 Å². The van der Waals surface area contributed by atoms with Gasteiger partial charge in [-0.1, -0.05) is 0 Å². The molecule has 0 aliphatic heterocycles. The van der Waals surface area contributed by atoms with Crippen LogP contribution in [0.1, 0.15) is 12.5 Å². The van der Waals surface area contributed by atoms with Crippen LogP contribution < -0.4 is 19.6 Å². The van der Waals surface area contributed by atoms with E-state index in [0.717, 1.165) is 5.56 Å². The maximum atomic E-state index is 11.0. The second kappa shape index (κ2) is 7.22. The molecular weight excluding hydrogens is 264 g/mol. The Kier molecular flexibility index (Phi) is 5.64. The van der Waals surface area contributed by atoms with Gasteiger partial charge in [0.2, 0.25) is 5.75 Å². The molecule has 1 aromatic carbocycles. The number of hydrazone groups is 1. The lowest BCUT2D eigenvalue weighted by molar-refractivity contribution is 0.171. The van der Waals surface area contributed by atoms with Crippen LogP contribution in [-0.4, -0.2) is 40.2 Å². The molecule has 0 unspecified atom stereocenters. The van der Waals surface area contributed by atoms with E-state index in [-0.39, 0.29) is 0 Å². The van der Waals surface area contributed by atoms with E-state index >= 15 is 0 Å². The average Bonchev–Trinajstić information content (AvgIpc) is 2.50. The van der Waals surface area contributed by atoms with E-state index in [1.807, 2.05) is 0 Å². The summed E-state index contributed by atoms with van der Waals surface area (Å²) in [6.45, 7) is 1.73. The van der Waals surface area contributed by atoms with E-state index in [4.69, 9.17) is 14.2 Å². The van der Waals surface area contributed by atoms with Crippen molar-refractivity contribution in [3.8, 4) is 17.2 Å². The maximum absolute atomic E-state index is 11.0. The molecule has 1 aromatic rings. The third-order valence-electron chi connectivity index (χ3n) is 2.58. The minimum absolute atomic E-state index is 0.493. The standard InChI is InChI=1S/C13H18N2O5/c1-8(14-15-13(16)20-5)9-6-10(17-2)12(19-4)11(7-9)18-3/h6-7H,1-5H3,(H,15,16). The van der Waals surface area contributed by atoms with Crippen molar-refractivity contribution in [1.82, 2.24) is 5.43 Å². The first kappa shape index (κ1) is 15.6. The largest absolute Gasteiger partial charge is 0.493 e. The van der Waals surface area contributed by atoms with Crippen molar-refractivity contribution in [3.63, 3.8) is 0 Å². The Morgan fingerprint density at radius 1 is 1.05 bits per heavy atom. The number of hydrogen-bond acceptors (Lipinski definition) is 6. The fourth-order valence-corrected chi connectivity index (χ4v) is 1.53. The average molecular weight is 282 g/mol. The normalized spacial score (nSPS) is 10.8. The van der Waals surface area contributed by atoms with Crippen LogP contribution in [0, 0.1) is 0 Å². The van der Waals surface area contributed by atoms with E-state index in [1.165, 1.54) is 28.4 Å². The SMILES string of the molecule is COC(=O)NN=C(C)c1cc(OC)c(OC)c(OC)c1. The van der Waals surface area contributed by atoms with Gasteiger partial charge in [0.05, 0.1) is 34.2 Å². The number of ether oxygens (including phenoxy) is 4. The number of amides is 1. The molecule has 0 aliphatic carbocycles. The molecule has 0 saturated heterocycles. The number of nitrogens with zero attached hydrogens (tertiary/aromatic N) is 1. The minimum Gasteiger partial charge on any atom is -0.493 e. The summed E-state index contributed by atoms with van der Waals surface area (Å²) >= 11 is 0. The van der Waals surface area contributed by atoms with E-state index in [0.29, 0.717) is 23.0 Å². The molecule has 0 radical (unpaired) electrons. The second-order valence-corrected chi connectivity index (χ2v) is 3.71. The second-order valence-electron chi connectivity index (χ2n) is 3.71. The zero-order chi connectivity index (χ0) is 15.1. The highest BCUT2D eigenvalue weighted by Gasteiger charge is 2.14. The van der Waals surface area contributed by atoms with Gasteiger partial charge in [-0.2, -0.15) is 5.10 Å². The van der Waals surface area contributed by atoms with Crippen LogP contribution in [0.2, 0.25) is 0 Å². The molecule has 0 spiro atoms. The van der Waals surface area contributed by atoms with Crippen molar-refractivity contribution >= 4 is 11.8 Å². The van der Waals surface area contributed by atoms with Crippen LogP contribution >= 0.6 is 0 Å². The van der Waals surface area contributed by atoms with Gasteiger partial charge >= 0.3 is 6.09 Å². The van der Waals surface area contributed by atoms with Gasteiger partial charge < -0.3 is 18.9 Å². The van der Waals surface area contributed by atoms with Crippen molar-refractivity contribution in [1.29, 1.82) is 0 Å². The van der Waals surface area contributed by atoms with Crippen molar-refractivity contribution in [2.45, 2.75) is 6.92 Å². The summed E-state index contributed by atoms with van der Waals surface area (Å²) < 4.78 is 20.2. The topological polar surface area (TPSA) is 78.4 Å². The molecule has 1 amide bonds. The maximum Gasteiger partial charge on any atom is 0.427 e. The fourth-order valence-electron chi connectivity index (χ4n) is 1.53. The molecule has 0 saturated carbocycles. The number of rotatable bonds is 5. The number of carbonyl (C=O) groups is 1. The van der Waals surface area contributed by atoms with E-state index in [1.54, 1.807) is 19.1 Å². The van der Waals surface area contributed by atoms with Gasteiger partial charge in [-0.25, -0.2) is 10.2 Å². The number of carbonyl (C=O) groups excluding carboxylic acids is 1. The molecular formula is C13H18N2O5. The molecule has 7 heteroatoms. The Balaban J connectivity index is 3.15. The lowest BCUT2D eigenvalue weighted by Gasteiger charge is -2.14. The highest BCUT2D eigenvalue weighted by atomic mass is 16.5. The lowest BCUT2D eigenvalue weighted by atomic mass is 10.1. The van der Waals surface area contributed by atoms with Crippen LogP contribution in [0.3, 0.4) is 0 Å². The predicted octanol–water partition coefficient (Wildman–Crippen LogP) is 1.79. The Hall–Kier alpha value is -2.44. The van der Waals surface area contributed by atoms with E-state index in [9.17, 15) is 4.79 Å². The third kappa shape index (κ3) is 3.53. The molecule has 0 aromatic heterocycles. The molecule has 0 atom stereocenters. The summed E-state index contributed by atoms with van der Waals surface area (Å²) in [4.78, 5) is 11.0. The van der Waals surface area contributed by atoms with Gasteiger partial charge in [-0.05, 0) is 19.1 Å². The summed E-state index contributed by atoms with van der Waals surface area (Å²) in [5.41, 5.74) is 3.53. The number of benzene rings is 1. The van der Waals surface area contributed by atoms with Gasteiger partial charge in [0.15, 0.2) is 11.5 Å². The first-order valence-corrected chi connectivity index (χ1v) is 5.76. The molecule has 0 bridgehead atoms. The number of nitrogens with one attached hydrogen (secondary N) is 1. The molecule has 20 heavy (non-hydrogen) atoms. The van der Waals surface area contributed by atoms with Crippen molar-refractivity contribution in [2.75, 3.05) is 28.4 Å². The first-order valence-electron chi connectivity index (χ1n) is 5.76.